The van der Waals surface area contributed by atoms with E-state index in [1.807, 2.05) is 0 Å². The van der Waals surface area contributed by atoms with Crippen LogP contribution in [-0.4, -0.2) is 57.6 Å². The number of amides is 2. The second-order valence-corrected chi connectivity index (χ2v) is 4.94. The van der Waals surface area contributed by atoms with Crippen LogP contribution in [0.2, 0.25) is 0 Å². The highest BCUT2D eigenvalue weighted by molar-refractivity contribution is 5.94. The van der Waals surface area contributed by atoms with Gasteiger partial charge in [-0.3, -0.25) is 14.7 Å². The number of rotatable bonds is 3. The SMILES string of the molecule is NC(=O)C1CNCCN1C(=O)c1n[nH]c(C2CC2)n1. The lowest BCUT2D eigenvalue weighted by atomic mass is 10.2. The van der Waals surface area contributed by atoms with Crippen LogP contribution < -0.4 is 11.1 Å². The van der Waals surface area contributed by atoms with Crippen molar-refractivity contribution in [3.8, 4) is 0 Å². The lowest BCUT2D eigenvalue weighted by Crippen LogP contribution is -2.58. The molecule has 0 bridgehead atoms. The van der Waals surface area contributed by atoms with E-state index in [1.54, 1.807) is 0 Å². The van der Waals surface area contributed by atoms with E-state index in [-0.39, 0.29) is 11.7 Å². The Morgan fingerprint density at radius 2 is 2.16 bits per heavy atom. The summed E-state index contributed by atoms with van der Waals surface area (Å²) in [6.07, 6.45) is 2.17. The number of piperazine rings is 1. The van der Waals surface area contributed by atoms with Gasteiger partial charge in [-0.05, 0) is 12.8 Å². The summed E-state index contributed by atoms with van der Waals surface area (Å²) in [5.74, 6) is 0.431. The monoisotopic (exact) mass is 264 g/mol. The molecule has 1 saturated heterocycles. The van der Waals surface area contributed by atoms with Crippen molar-refractivity contribution >= 4 is 11.8 Å². The third-order valence-electron chi connectivity index (χ3n) is 3.49. The lowest BCUT2D eigenvalue weighted by molar-refractivity contribution is -0.122. The molecule has 4 N–H and O–H groups in total. The largest absolute Gasteiger partial charge is 0.368 e. The van der Waals surface area contributed by atoms with Crippen molar-refractivity contribution in [2.45, 2.75) is 24.8 Å². The molecule has 0 aromatic carbocycles. The Balaban J connectivity index is 1.78. The van der Waals surface area contributed by atoms with Crippen LogP contribution in [0.15, 0.2) is 0 Å². The van der Waals surface area contributed by atoms with Crippen molar-refractivity contribution in [3.63, 3.8) is 0 Å². The van der Waals surface area contributed by atoms with Crippen LogP contribution in [0.3, 0.4) is 0 Å². The predicted molar refractivity (Wildman–Crippen MR) is 65.2 cm³/mol. The third-order valence-corrected chi connectivity index (χ3v) is 3.49. The number of hydrogen-bond acceptors (Lipinski definition) is 5. The smallest absolute Gasteiger partial charge is 0.294 e. The summed E-state index contributed by atoms with van der Waals surface area (Å²) in [4.78, 5) is 29.3. The maximum Gasteiger partial charge on any atom is 0.294 e. The molecule has 2 heterocycles. The Bertz CT molecular complexity index is 509. The minimum absolute atomic E-state index is 0.120. The first-order valence-corrected chi connectivity index (χ1v) is 6.40. The Morgan fingerprint density at radius 1 is 1.37 bits per heavy atom. The summed E-state index contributed by atoms with van der Waals surface area (Å²) in [5, 5.41) is 9.78. The van der Waals surface area contributed by atoms with Crippen LogP contribution in [0, 0.1) is 0 Å². The summed E-state index contributed by atoms with van der Waals surface area (Å²) in [5.41, 5.74) is 5.32. The number of nitrogens with one attached hydrogen (secondary N) is 2. The fraction of sp³-hybridized carbons (Fsp3) is 0.636. The van der Waals surface area contributed by atoms with Crippen molar-refractivity contribution in [2.24, 2.45) is 5.73 Å². The Kier molecular flexibility index (Phi) is 2.94. The highest BCUT2D eigenvalue weighted by atomic mass is 16.2. The zero-order chi connectivity index (χ0) is 13.4. The third kappa shape index (κ3) is 2.30. The molecule has 8 nitrogen and oxygen atoms in total. The van der Waals surface area contributed by atoms with E-state index in [0.29, 0.717) is 25.6 Å². The normalized spacial score (nSPS) is 23.4. The molecule has 1 aliphatic carbocycles. The van der Waals surface area contributed by atoms with Crippen LogP contribution in [0.1, 0.15) is 35.2 Å². The van der Waals surface area contributed by atoms with E-state index in [4.69, 9.17) is 5.73 Å². The number of H-pyrrole nitrogens is 1. The number of nitrogens with two attached hydrogens (primary N) is 1. The van der Waals surface area contributed by atoms with E-state index in [0.717, 1.165) is 18.7 Å². The molecule has 2 aliphatic rings. The fourth-order valence-corrected chi connectivity index (χ4v) is 2.24. The van der Waals surface area contributed by atoms with Crippen molar-refractivity contribution in [1.29, 1.82) is 0 Å². The molecule has 1 aromatic heterocycles. The van der Waals surface area contributed by atoms with Gasteiger partial charge in [0.05, 0.1) is 0 Å². The number of primary amides is 1. The molecular weight excluding hydrogens is 248 g/mol. The summed E-state index contributed by atoms with van der Waals surface area (Å²) in [6.45, 7) is 1.44. The van der Waals surface area contributed by atoms with Crippen molar-refractivity contribution in [2.75, 3.05) is 19.6 Å². The maximum atomic E-state index is 12.3. The van der Waals surface area contributed by atoms with Crippen molar-refractivity contribution < 1.29 is 9.59 Å². The second-order valence-electron chi connectivity index (χ2n) is 4.94. The second kappa shape index (κ2) is 4.61. The molecule has 1 aliphatic heterocycles. The topological polar surface area (TPSA) is 117 Å². The van der Waals surface area contributed by atoms with Gasteiger partial charge in [0.1, 0.15) is 11.9 Å². The van der Waals surface area contributed by atoms with Crippen molar-refractivity contribution in [1.82, 2.24) is 25.4 Å². The molecule has 1 saturated carbocycles. The maximum absolute atomic E-state index is 12.3. The first-order chi connectivity index (χ1) is 9.16. The van der Waals surface area contributed by atoms with E-state index in [9.17, 15) is 9.59 Å². The predicted octanol–water partition coefficient (Wildman–Crippen LogP) is -1.42. The van der Waals surface area contributed by atoms with Gasteiger partial charge in [0.25, 0.3) is 5.91 Å². The molecule has 2 amide bonds. The standard InChI is InChI=1S/C11H16N6O2/c12-8(18)7-5-13-3-4-17(7)11(19)10-14-9(15-16-10)6-1-2-6/h6-7,13H,1-5H2,(H2,12,18)(H,14,15,16). The average molecular weight is 264 g/mol. The molecule has 102 valence electrons. The number of aromatic amines is 1. The van der Waals surface area contributed by atoms with E-state index >= 15 is 0 Å². The van der Waals surface area contributed by atoms with Crippen LogP contribution in [0.5, 0.6) is 0 Å². The van der Waals surface area contributed by atoms with Gasteiger partial charge in [-0.25, -0.2) is 4.98 Å². The van der Waals surface area contributed by atoms with E-state index in [1.165, 1.54) is 4.90 Å². The molecular formula is C11H16N6O2. The van der Waals surface area contributed by atoms with E-state index < -0.39 is 11.9 Å². The first-order valence-electron chi connectivity index (χ1n) is 6.40. The highest BCUT2D eigenvalue weighted by Gasteiger charge is 2.34. The zero-order valence-electron chi connectivity index (χ0n) is 10.4. The molecule has 19 heavy (non-hydrogen) atoms. The zero-order valence-corrected chi connectivity index (χ0v) is 10.4. The molecule has 1 aromatic rings. The van der Waals surface area contributed by atoms with Gasteiger partial charge in [-0.1, -0.05) is 0 Å². The Morgan fingerprint density at radius 3 is 2.84 bits per heavy atom. The molecule has 3 rings (SSSR count). The number of aromatic nitrogens is 3. The minimum atomic E-state index is -0.635. The summed E-state index contributed by atoms with van der Waals surface area (Å²) >= 11 is 0. The van der Waals surface area contributed by atoms with E-state index in [2.05, 4.69) is 20.5 Å². The van der Waals surface area contributed by atoms with Gasteiger partial charge in [0, 0.05) is 25.6 Å². The van der Waals surface area contributed by atoms with Gasteiger partial charge in [0.2, 0.25) is 11.7 Å². The Labute approximate surface area is 109 Å². The number of hydrogen-bond donors (Lipinski definition) is 3. The molecule has 0 radical (unpaired) electrons. The molecule has 1 atom stereocenters. The van der Waals surface area contributed by atoms with Crippen LogP contribution in [-0.2, 0) is 4.79 Å². The molecule has 8 heteroatoms. The van der Waals surface area contributed by atoms with Crippen molar-refractivity contribution in [3.05, 3.63) is 11.6 Å². The highest BCUT2D eigenvalue weighted by Crippen LogP contribution is 2.37. The first kappa shape index (κ1) is 12.1. The van der Waals surface area contributed by atoms with Crippen LogP contribution in [0.4, 0.5) is 0 Å². The molecule has 1 unspecified atom stereocenters. The van der Waals surface area contributed by atoms with Crippen LogP contribution >= 0.6 is 0 Å². The van der Waals surface area contributed by atoms with Gasteiger partial charge in [-0.15, -0.1) is 5.10 Å². The molecule has 0 spiro atoms. The quantitative estimate of drug-likeness (QED) is 0.619. The summed E-state index contributed by atoms with van der Waals surface area (Å²) in [7, 11) is 0. The fourth-order valence-electron chi connectivity index (χ4n) is 2.24. The Hall–Kier alpha value is -1.96. The molecule has 2 fully saturated rings. The average Bonchev–Trinajstić information content (AvgIpc) is 3.16. The summed E-state index contributed by atoms with van der Waals surface area (Å²) in [6, 6.07) is -0.635. The van der Waals surface area contributed by atoms with Gasteiger partial charge in [0.15, 0.2) is 0 Å². The van der Waals surface area contributed by atoms with Gasteiger partial charge < -0.3 is 16.0 Å². The van der Waals surface area contributed by atoms with Crippen LogP contribution in [0.25, 0.3) is 0 Å². The van der Waals surface area contributed by atoms with Gasteiger partial charge >= 0.3 is 0 Å². The van der Waals surface area contributed by atoms with Gasteiger partial charge in [-0.2, -0.15) is 0 Å². The number of nitrogens with zero attached hydrogens (tertiary/aromatic N) is 3. The number of carbonyl (C=O) groups excluding carboxylic acids is 2. The lowest BCUT2D eigenvalue weighted by Gasteiger charge is -2.33. The number of carbonyl (C=O) groups is 2. The minimum Gasteiger partial charge on any atom is -0.368 e. The summed E-state index contributed by atoms with van der Waals surface area (Å²) < 4.78 is 0.